The molecular weight excluding hydrogens is 316 g/mol. The van der Waals surface area contributed by atoms with Gasteiger partial charge in [0.25, 0.3) is 0 Å². The molecule has 1 saturated carbocycles. The van der Waals surface area contributed by atoms with Gasteiger partial charge in [0.05, 0.1) is 12.8 Å². The van der Waals surface area contributed by atoms with Crippen molar-refractivity contribution in [1.29, 1.82) is 0 Å². The molecule has 0 N–H and O–H groups in total. The van der Waals surface area contributed by atoms with Crippen LogP contribution in [0.25, 0.3) is 0 Å². The standard InChI is InChI=1S/C20H22N2O3/c1-3-13-12-21-9-8-19-11-17(23)14(13)10-20(19,21)22(18(24)25-2)16-7-5-4-6-15(16)19/h3-7,14H,8-12H2,1-2H3/b13-3+/t14-,19+,20+/m0/s1. The summed E-state index contributed by atoms with van der Waals surface area (Å²) in [7, 11) is 1.44. The number of methoxy groups -OCH3 is 1. The van der Waals surface area contributed by atoms with Crippen LogP contribution in [0.3, 0.4) is 0 Å². The van der Waals surface area contributed by atoms with Gasteiger partial charge in [-0.15, -0.1) is 0 Å². The Bertz CT molecular complexity index is 832. The first kappa shape index (κ1) is 15.1. The molecule has 1 aliphatic carbocycles. The number of allylic oxidation sites excluding steroid dienone is 1. The Morgan fingerprint density at radius 2 is 2.16 bits per heavy atom. The van der Waals surface area contributed by atoms with Gasteiger partial charge in [-0.2, -0.15) is 0 Å². The second-order valence-electron chi connectivity index (χ2n) is 7.66. The minimum Gasteiger partial charge on any atom is -0.452 e. The average molecular weight is 338 g/mol. The van der Waals surface area contributed by atoms with E-state index in [1.54, 1.807) is 0 Å². The monoisotopic (exact) mass is 338 g/mol. The Hall–Kier alpha value is -2.14. The molecule has 0 radical (unpaired) electrons. The molecule has 3 fully saturated rings. The zero-order valence-corrected chi connectivity index (χ0v) is 14.6. The molecule has 1 aromatic carbocycles. The molecule has 1 aromatic rings. The quantitative estimate of drug-likeness (QED) is 0.683. The number of hydrogen-bond acceptors (Lipinski definition) is 4. The number of hydrogen-bond donors (Lipinski definition) is 0. The minimum atomic E-state index is -0.463. The Balaban J connectivity index is 1.80. The maximum Gasteiger partial charge on any atom is 0.415 e. The zero-order valence-electron chi connectivity index (χ0n) is 14.6. The van der Waals surface area contributed by atoms with Crippen LogP contribution in [0.4, 0.5) is 10.5 Å². The van der Waals surface area contributed by atoms with E-state index in [-0.39, 0.29) is 17.4 Å². The van der Waals surface area contributed by atoms with Crippen LogP contribution in [-0.2, 0) is 14.9 Å². The van der Waals surface area contributed by atoms with E-state index < -0.39 is 5.66 Å². The van der Waals surface area contributed by atoms with Crippen molar-refractivity contribution < 1.29 is 14.3 Å². The summed E-state index contributed by atoms with van der Waals surface area (Å²) in [6.07, 6.45) is 3.86. The van der Waals surface area contributed by atoms with Gasteiger partial charge in [0.15, 0.2) is 0 Å². The molecule has 4 aliphatic rings. The largest absolute Gasteiger partial charge is 0.452 e. The topological polar surface area (TPSA) is 49.9 Å². The molecule has 1 spiro atoms. The lowest BCUT2D eigenvalue weighted by molar-refractivity contribution is -0.131. The highest BCUT2D eigenvalue weighted by atomic mass is 16.5. The number of carbonyl (C=O) groups excluding carboxylic acids is 2. The van der Waals surface area contributed by atoms with E-state index in [1.165, 1.54) is 12.7 Å². The summed E-state index contributed by atoms with van der Waals surface area (Å²) in [5.41, 5.74) is 2.49. The number of ether oxygens (including phenoxy) is 1. The van der Waals surface area contributed by atoms with E-state index in [9.17, 15) is 9.59 Å². The van der Waals surface area contributed by atoms with Gasteiger partial charge in [-0.05, 0) is 37.0 Å². The molecule has 2 saturated heterocycles. The number of amides is 1. The van der Waals surface area contributed by atoms with Gasteiger partial charge in [0.1, 0.15) is 11.4 Å². The number of ketones is 1. The number of anilines is 1. The minimum absolute atomic E-state index is 0.0751. The molecule has 3 aliphatic heterocycles. The van der Waals surface area contributed by atoms with Crippen LogP contribution in [0.5, 0.6) is 0 Å². The van der Waals surface area contributed by atoms with E-state index in [0.717, 1.165) is 30.8 Å². The molecule has 3 atom stereocenters. The van der Waals surface area contributed by atoms with E-state index in [4.69, 9.17) is 4.74 Å². The average Bonchev–Trinajstić information content (AvgIpc) is 3.09. The Kier molecular flexibility index (Phi) is 2.86. The van der Waals surface area contributed by atoms with Gasteiger partial charge in [-0.3, -0.25) is 14.6 Å². The molecule has 5 heteroatoms. The third-order valence-electron chi connectivity index (χ3n) is 7.03. The van der Waals surface area contributed by atoms with Crippen molar-refractivity contribution in [3.63, 3.8) is 0 Å². The summed E-state index contributed by atoms with van der Waals surface area (Å²) in [4.78, 5) is 30.2. The molecule has 25 heavy (non-hydrogen) atoms. The second-order valence-corrected chi connectivity index (χ2v) is 7.66. The Morgan fingerprint density at radius 1 is 1.36 bits per heavy atom. The fourth-order valence-electron chi connectivity index (χ4n) is 6.06. The molecule has 1 amide bonds. The third-order valence-corrected chi connectivity index (χ3v) is 7.03. The highest BCUT2D eigenvalue weighted by Gasteiger charge is 2.74. The van der Waals surface area contributed by atoms with Crippen molar-refractivity contribution in [2.24, 2.45) is 5.92 Å². The van der Waals surface area contributed by atoms with Crippen LogP contribution in [0.1, 0.15) is 31.7 Å². The van der Waals surface area contributed by atoms with Gasteiger partial charge in [-0.25, -0.2) is 4.79 Å². The normalized spacial score (nSPS) is 37.2. The summed E-state index contributed by atoms with van der Waals surface area (Å²) in [5.74, 6) is 0.251. The van der Waals surface area contributed by atoms with Gasteiger partial charge in [0, 0.05) is 30.8 Å². The van der Waals surface area contributed by atoms with Gasteiger partial charge >= 0.3 is 6.09 Å². The molecule has 130 valence electrons. The molecule has 3 heterocycles. The summed E-state index contributed by atoms with van der Waals surface area (Å²) in [6, 6.07) is 8.07. The molecule has 2 bridgehead atoms. The second kappa shape index (κ2) is 4.73. The highest BCUT2D eigenvalue weighted by Crippen LogP contribution is 2.66. The maximum absolute atomic E-state index is 13.1. The lowest BCUT2D eigenvalue weighted by atomic mass is 9.58. The number of rotatable bonds is 0. The van der Waals surface area contributed by atoms with E-state index >= 15 is 0 Å². The van der Waals surface area contributed by atoms with Crippen LogP contribution < -0.4 is 4.90 Å². The Labute approximate surface area is 147 Å². The number of fused-ring (bicyclic) bond motifs is 2. The number of Topliss-reactive ketones (excluding diaryl/α,β-unsaturated/α-hetero) is 1. The van der Waals surface area contributed by atoms with Crippen molar-refractivity contribution in [1.82, 2.24) is 4.90 Å². The fraction of sp³-hybridized carbons (Fsp3) is 0.500. The maximum atomic E-state index is 13.1. The molecule has 0 aromatic heterocycles. The van der Waals surface area contributed by atoms with Crippen LogP contribution in [0, 0.1) is 5.92 Å². The summed E-state index contributed by atoms with van der Waals surface area (Å²) in [5, 5.41) is 0. The van der Waals surface area contributed by atoms with Crippen molar-refractivity contribution in [2.45, 2.75) is 37.3 Å². The van der Waals surface area contributed by atoms with Crippen LogP contribution in [0.2, 0.25) is 0 Å². The smallest absolute Gasteiger partial charge is 0.415 e. The van der Waals surface area contributed by atoms with Crippen molar-refractivity contribution in [3.8, 4) is 0 Å². The summed E-state index contributed by atoms with van der Waals surface area (Å²) < 4.78 is 5.19. The third kappa shape index (κ3) is 1.50. The molecular formula is C20H22N2O3. The number of para-hydroxylation sites is 1. The lowest BCUT2D eigenvalue weighted by Gasteiger charge is -2.57. The first-order valence-electron chi connectivity index (χ1n) is 8.99. The highest BCUT2D eigenvalue weighted by molar-refractivity contribution is 5.98. The predicted molar refractivity (Wildman–Crippen MR) is 93.4 cm³/mol. The van der Waals surface area contributed by atoms with Gasteiger partial charge in [-0.1, -0.05) is 24.3 Å². The van der Waals surface area contributed by atoms with Crippen LogP contribution in [0.15, 0.2) is 35.9 Å². The predicted octanol–water partition coefficient (Wildman–Crippen LogP) is 2.85. The first-order chi connectivity index (χ1) is 12.1. The van der Waals surface area contributed by atoms with Crippen molar-refractivity contribution in [3.05, 3.63) is 41.5 Å². The first-order valence-corrected chi connectivity index (χ1v) is 8.99. The van der Waals surface area contributed by atoms with Gasteiger partial charge < -0.3 is 4.74 Å². The Morgan fingerprint density at radius 3 is 2.92 bits per heavy atom. The number of piperidine rings is 1. The van der Waals surface area contributed by atoms with E-state index in [1.807, 2.05) is 30.0 Å². The zero-order chi connectivity index (χ0) is 17.4. The van der Waals surface area contributed by atoms with E-state index in [0.29, 0.717) is 18.6 Å². The van der Waals surface area contributed by atoms with Crippen molar-refractivity contribution in [2.75, 3.05) is 25.1 Å². The lowest BCUT2D eigenvalue weighted by Crippen LogP contribution is -2.71. The summed E-state index contributed by atoms with van der Waals surface area (Å²) in [6.45, 7) is 3.68. The molecule has 5 nitrogen and oxygen atoms in total. The van der Waals surface area contributed by atoms with Crippen LogP contribution in [-0.4, -0.2) is 42.6 Å². The van der Waals surface area contributed by atoms with Crippen LogP contribution >= 0.6 is 0 Å². The number of benzene rings is 1. The number of nitrogens with zero attached hydrogens (tertiary/aromatic N) is 2. The molecule has 5 rings (SSSR count). The SMILES string of the molecule is C/C=C1\CN2CC[C@]34CC(=O)[C@H]1C[C@]23N(C(=O)OC)c1ccccc14. The van der Waals surface area contributed by atoms with E-state index in [2.05, 4.69) is 17.0 Å². The van der Waals surface area contributed by atoms with Crippen molar-refractivity contribution >= 4 is 17.6 Å². The summed E-state index contributed by atoms with van der Waals surface area (Å²) >= 11 is 0. The van der Waals surface area contributed by atoms with Gasteiger partial charge in [0.2, 0.25) is 0 Å². The number of carbonyl (C=O) groups is 2. The fourth-order valence-corrected chi connectivity index (χ4v) is 6.06. The molecule has 0 unspecified atom stereocenters.